The van der Waals surface area contributed by atoms with E-state index in [-0.39, 0.29) is 5.41 Å². The highest BCUT2D eigenvalue weighted by Crippen LogP contribution is 2.53. The van der Waals surface area contributed by atoms with Crippen molar-refractivity contribution in [1.29, 1.82) is 0 Å². The summed E-state index contributed by atoms with van der Waals surface area (Å²) < 4.78 is 0. The van der Waals surface area contributed by atoms with Crippen LogP contribution in [0.25, 0.3) is 0 Å². The molecule has 0 radical (unpaired) electrons. The summed E-state index contributed by atoms with van der Waals surface area (Å²) in [6.45, 7) is 5.56. The third-order valence-electron chi connectivity index (χ3n) is 6.61. The molecule has 1 aromatic carbocycles. The van der Waals surface area contributed by atoms with Crippen LogP contribution in [0.4, 0.5) is 0 Å². The number of quaternary nitrogens is 1. The number of hydrogen-bond donors (Lipinski definition) is 2. The maximum absolute atomic E-state index is 11.8. The Morgan fingerprint density at radius 1 is 1.00 bits per heavy atom. The quantitative estimate of drug-likeness (QED) is 0.808. The summed E-state index contributed by atoms with van der Waals surface area (Å²) in [6, 6.07) is 10.2. The van der Waals surface area contributed by atoms with Gasteiger partial charge in [0.25, 0.3) is 0 Å². The van der Waals surface area contributed by atoms with Gasteiger partial charge in [0.1, 0.15) is 6.54 Å². The molecule has 1 heterocycles. The Hall–Kier alpha value is -1.30. The lowest BCUT2D eigenvalue weighted by Gasteiger charge is -2.41. The molecule has 0 aromatic heterocycles. The summed E-state index contributed by atoms with van der Waals surface area (Å²) in [5.74, 6) is 6.82. The minimum absolute atomic E-state index is 0.0878. The molecule has 2 nitrogen and oxygen atoms in total. The summed E-state index contributed by atoms with van der Waals surface area (Å²) in [5, 5.41) is 11.8. The molecule has 2 aliphatic rings. The lowest BCUT2D eigenvalue weighted by Crippen LogP contribution is -3.11. The minimum Gasteiger partial charge on any atom is -0.373 e. The molecule has 2 N–H and O–H groups in total. The van der Waals surface area contributed by atoms with E-state index in [1.165, 1.54) is 51.6 Å². The fourth-order valence-corrected chi connectivity index (χ4v) is 4.92. The maximum Gasteiger partial charge on any atom is 0.156 e. The Balaban J connectivity index is 1.86. The number of aliphatic hydroxyl groups is 1. The van der Waals surface area contributed by atoms with Crippen LogP contribution in [0.5, 0.6) is 0 Å². The van der Waals surface area contributed by atoms with Crippen LogP contribution < -0.4 is 4.90 Å². The van der Waals surface area contributed by atoms with Crippen LogP contribution in [0, 0.1) is 17.3 Å². The first kappa shape index (κ1) is 18.5. The van der Waals surface area contributed by atoms with Crippen LogP contribution in [0.2, 0.25) is 0 Å². The van der Waals surface area contributed by atoms with E-state index < -0.39 is 5.60 Å². The van der Waals surface area contributed by atoms with E-state index in [2.05, 4.69) is 30.9 Å². The number of hydrogen-bond acceptors (Lipinski definition) is 1. The molecule has 1 aliphatic carbocycles. The maximum atomic E-state index is 11.8. The lowest BCUT2D eigenvalue weighted by molar-refractivity contribution is -0.891. The Morgan fingerprint density at radius 3 is 2.24 bits per heavy atom. The normalized spacial score (nSPS) is 23.3. The molecule has 0 spiro atoms. The van der Waals surface area contributed by atoms with Gasteiger partial charge >= 0.3 is 0 Å². The van der Waals surface area contributed by atoms with Gasteiger partial charge in [-0.05, 0) is 56.4 Å². The highest BCUT2D eigenvalue weighted by Gasteiger charge is 2.50. The molecule has 1 saturated carbocycles. The summed E-state index contributed by atoms with van der Waals surface area (Å²) in [4.78, 5) is 1.59. The van der Waals surface area contributed by atoms with E-state index >= 15 is 0 Å². The zero-order chi connectivity index (χ0) is 17.6. The van der Waals surface area contributed by atoms with Crippen LogP contribution in [0.3, 0.4) is 0 Å². The van der Waals surface area contributed by atoms with Crippen molar-refractivity contribution in [3.05, 3.63) is 35.9 Å². The van der Waals surface area contributed by atoms with Crippen molar-refractivity contribution in [1.82, 2.24) is 0 Å². The molecule has 1 aromatic rings. The van der Waals surface area contributed by atoms with Gasteiger partial charge < -0.3 is 10.0 Å². The standard InChI is InChI=1S/C23H33NO/c1-2-22(15-8-9-16-22)23(25,21-13-6-5-7-14-21)17-12-20-24-18-10-3-4-11-19-24/h5-7,13-14,25H,2-4,8-11,15-16,18-20H2,1H3/p+1/t23-/m0/s1. The summed E-state index contributed by atoms with van der Waals surface area (Å²) >= 11 is 0. The Kier molecular flexibility index (Phi) is 6.20. The average molecular weight is 341 g/mol. The van der Waals surface area contributed by atoms with Gasteiger partial charge in [-0.2, -0.15) is 0 Å². The smallest absolute Gasteiger partial charge is 0.156 e. The second-order valence-electron chi connectivity index (χ2n) is 8.06. The lowest BCUT2D eigenvalue weighted by atomic mass is 9.65. The van der Waals surface area contributed by atoms with E-state index in [1.54, 1.807) is 4.90 Å². The first-order valence-corrected chi connectivity index (χ1v) is 10.3. The monoisotopic (exact) mass is 340 g/mol. The molecule has 136 valence electrons. The second-order valence-corrected chi connectivity index (χ2v) is 8.06. The molecule has 0 amide bonds. The number of nitrogens with one attached hydrogen (secondary N) is 1. The van der Waals surface area contributed by atoms with Gasteiger partial charge in [-0.3, -0.25) is 0 Å². The molecule has 1 atom stereocenters. The van der Waals surface area contributed by atoms with Crippen LogP contribution in [-0.4, -0.2) is 24.7 Å². The Morgan fingerprint density at radius 2 is 1.64 bits per heavy atom. The zero-order valence-electron chi connectivity index (χ0n) is 15.8. The predicted octanol–water partition coefficient (Wildman–Crippen LogP) is 3.31. The first-order chi connectivity index (χ1) is 12.2. The van der Waals surface area contributed by atoms with Crippen molar-refractivity contribution < 1.29 is 10.0 Å². The number of rotatable bonds is 4. The van der Waals surface area contributed by atoms with E-state index in [0.717, 1.165) is 31.4 Å². The van der Waals surface area contributed by atoms with E-state index in [9.17, 15) is 5.11 Å². The molecule has 3 rings (SSSR count). The Labute approximate surface area is 153 Å². The second kappa shape index (κ2) is 8.39. The van der Waals surface area contributed by atoms with Gasteiger partial charge in [0, 0.05) is 5.41 Å². The van der Waals surface area contributed by atoms with Crippen molar-refractivity contribution in [2.45, 2.75) is 70.3 Å². The molecule has 2 fully saturated rings. The van der Waals surface area contributed by atoms with E-state index in [0.29, 0.717) is 0 Å². The third kappa shape index (κ3) is 3.94. The molecule has 0 bridgehead atoms. The van der Waals surface area contributed by atoms with E-state index in [4.69, 9.17) is 0 Å². The van der Waals surface area contributed by atoms with Gasteiger partial charge in [-0.25, -0.2) is 0 Å². The molecule has 1 aliphatic heterocycles. The van der Waals surface area contributed by atoms with Crippen molar-refractivity contribution in [2.24, 2.45) is 5.41 Å². The largest absolute Gasteiger partial charge is 0.373 e. The first-order valence-electron chi connectivity index (χ1n) is 10.3. The average Bonchev–Trinajstić information content (AvgIpc) is 3.01. The van der Waals surface area contributed by atoms with Crippen molar-refractivity contribution in [3.8, 4) is 11.8 Å². The SMILES string of the molecule is CCC1([C@](O)(C#CC[NH+]2CCCCCC2)c2ccccc2)CCCC1. The molecular weight excluding hydrogens is 306 g/mol. The van der Waals surface area contributed by atoms with Crippen molar-refractivity contribution in [2.75, 3.05) is 19.6 Å². The number of benzene rings is 1. The van der Waals surface area contributed by atoms with Gasteiger partial charge in [-0.15, -0.1) is 0 Å². The third-order valence-corrected chi connectivity index (χ3v) is 6.61. The van der Waals surface area contributed by atoms with Crippen molar-refractivity contribution >= 4 is 0 Å². The fourth-order valence-electron chi connectivity index (χ4n) is 4.92. The van der Waals surface area contributed by atoms with Crippen LogP contribution in [0.1, 0.15) is 70.3 Å². The summed E-state index contributed by atoms with van der Waals surface area (Å²) in [6.07, 6.45) is 10.9. The van der Waals surface area contributed by atoms with E-state index in [1.807, 2.05) is 18.2 Å². The number of likely N-dealkylation sites (tertiary alicyclic amines) is 1. The molecular formula is C23H34NO+. The molecule has 25 heavy (non-hydrogen) atoms. The summed E-state index contributed by atoms with van der Waals surface area (Å²) in [7, 11) is 0. The molecule has 2 heteroatoms. The highest BCUT2D eigenvalue weighted by atomic mass is 16.3. The van der Waals surface area contributed by atoms with Gasteiger partial charge in [0.15, 0.2) is 5.60 Å². The molecule has 1 saturated heterocycles. The van der Waals surface area contributed by atoms with Gasteiger partial charge in [0.2, 0.25) is 0 Å². The highest BCUT2D eigenvalue weighted by molar-refractivity contribution is 5.36. The van der Waals surface area contributed by atoms with Crippen LogP contribution >= 0.6 is 0 Å². The predicted molar refractivity (Wildman–Crippen MR) is 103 cm³/mol. The van der Waals surface area contributed by atoms with Crippen LogP contribution in [-0.2, 0) is 5.60 Å². The zero-order valence-corrected chi connectivity index (χ0v) is 15.8. The summed E-state index contributed by atoms with van der Waals surface area (Å²) in [5.41, 5.74) is -0.114. The molecule has 0 unspecified atom stereocenters. The van der Waals surface area contributed by atoms with Gasteiger partial charge in [-0.1, -0.05) is 56.0 Å². The minimum atomic E-state index is -1.01. The van der Waals surface area contributed by atoms with Gasteiger partial charge in [0.05, 0.1) is 13.1 Å². The topological polar surface area (TPSA) is 24.7 Å². The van der Waals surface area contributed by atoms with Crippen LogP contribution in [0.15, 0.2) is 30.3 Å². The van der Waals surface area contributed by atoms with Crippen molar-refractivity contribution in [3.63, 3.8) is 0 Å². The Bertz CT molecular complexity index is 586. The fraction of sp³-hybridized carbons (Fsp3) is 0.652.